The molecular formula is C15H21F3O2. The highest BCUT2D eigenvalue weighted by molar-refractivity contribution is 5.79. The van der Waals surface area contributed by atoms with Crippen molar-refractivity contribution >= 4 is 5.97 Å². The molecule has 1 fully saturated rings. The fourth-order valence-electron chi connectivity index (χ4n) is 3.27. The van der Waals surface area contributed by atoms with Crippen LogP contribution in [-0.4, -0.2) is 18.2 Å². The normalized spacial score (nSPS) is 28.1. The molecule has 0 amide bonds. The molecule has 0 N–H and O–H groups in total. The van der Waals surface area contributed by atoms with Crippen LogP contribution >= 0.6 is 0 Å². The second-order valence-electron chi connectivity index (χ2n) is 7.03. The monoisotopic (exact) mass is 290 g/mol. The molecule has 0 aliphatic heterocycles. The van der Waals surface area contributed by atoms with Gasteiger partial charge in [0.05, 0.1) is 12.3 Å². The zero-order chi connectivity index (χ0) is 15.3. The van der Waals surface area contributed by atoms with E-state index in [-0.39, 0.29) is 29.1 Å². The smallest absolute Gasteiger partial charge is 0.392 e. The van der Waals surface area contributed by atoms with Crippen molar-refractivity contribution in [1.29, 1.82) is 0 Å². The van der Waals surface area contributed by atoms with E-state index in [1.165, 1.54) is 0 Å². The lowest BCUT2D eigenvalue weighted by Gasteiger charge is -2.14. The zero-order valence-electron chi connectivity index (χ0n) is 12.3. The number of rotatable bonds is 3. The minimum atomic E-state index is -4.19. The van der Waals surface area contributed by atoms with Gasteiger partial charge in [-0.05, 0) is 10.8 Å². The van der Waals surface area contributed by atoms with E-state index in [2.05, 4.69) is 0 Å². The maximum atomic E-state index is 12.3. The summed E-state index contributed by atoms with van der Waals surface area (Å²) in [5.74, 6) is -0.437. The molecule has 1 atom stereocenters. The lowest BCUT2D eigenvalue weighted by Crippen LogP contribution is -2.20. The summed E-state index contributed by atoms with van der Waals surface area (Å²) in [5.41, 5.74) is 0.111. The van der Waals surface area contributed by atoms with Gasteiger partial charge >= 0.3 is 12.1 Å². The lowest BCUT2D eigenvalue weighted by atomic mass is 10.0. The quantitative estimate of drug-likeness (QED) is 0.573. The van der Waals surface area contributed by atoms with Crippen LogP contribution in [0, 0.1) is 16.7 Å². The van der Waals surface area contributed by atoms with Gasteiger partial charge in [-0.2, -0.15) is 13.2 Å². The average molecular weight is 290 g/mol. The Kier molecular flexibility index (Phi) is 3.46. The van der Waals surface area contributed by atoms with E-state index >= 15 is 0 Å². The van der Waals surface area contributed by atoms with Crippen LogP contribution in [0.15, 0.2) is 11.6 Å². The van der Waals surface area contributed by atoms with E-state index < -0.39 is 18.7 Å². The first kappa shape index (κ1) is 15.4. The first-order chi connectivity index (χ1) is 8.95. The largest absolute Gasteiger partial charge is 0.461 e. The van der Waals surface area contributed by atoms with E-state index in [1.807, 2.05) is 27.7 Å². The van der Waals surface area contributed by atoms with Crippen molar-refractivity contribution in [1.82, 2.24) is 0 Å². The van der Waals surface area contributed by atoms with Gasteiger partial charge in [-0.15, -0.1) is 0 Å². The van der Waals surface area contributed by atoms with Crippen molar-refractivity contribution in [2.45, 2.75) is 59.2 Å². The SMILES string of the molecule is CC1(C)C(C(=O)O[C@@H]2CC=C(CC(F)(F)F)C2)C1(C)C. The number of halogens is 3. The fraction of sp³-hybridized carbons (Fsp3) is 0.800. The van der Waals surface area contributed by atoms with Gasteiger partial charge in [0.2, 0.25) is 0 Å². The molecule has 0 aromatic rings. The number of alkyl halides is 3. The van der Waals surface area contributed by atoms with Crippen LogP contribution in [0.2, 0.25) is 0 Å². The summed E-state index contributed by atoms with van der Waals surface area (Å²) in [6.07, 6.45) is -3.36. The molecule has 0 aromatic heterocycles. The van der Waals surface area contributed by atoms with Gasteiger partial charge in [0.25, 0.3) is 0 Å². The van der Waals surface area contributed by atoms with Gasteiger partial charge < -0.3 is 4.74 Å². The van der Waals surface area contributed by atoms with Gasteiger partial charge in [0, 0.05) is 12.8 Å². The number of esters is 1. The van der Waals surface area contributed by atoms with E-state index in [4.69, 9.17) is 4.74 Å². The van der Waals surface area contributed by atoms with E-state index in [1.54, 1.807) is 6.08 Å². The second kappa shape index (κ2) is 4.50. The van der Waals surface area contributed by atoms with Crippen molar-refractivity contribution < 1.29 is 22.7 Å². The van der Waals surface area contributed by atoms with E-state index in [0.717, 1.165) is 0 Å². The van der Waals surface area contributed by atoms with E-state index in [0.29, 0.717) is 12.0 Å². The molecule has 2 rings (SSSR count). The maximum absolute atomic E-state index is 12.3. The van der Waals surface area contributed by atoms with Gasteiger partial charge in [-0.25, -0.2) is 0 Å². The molecule has 0 spiro atoms. The number of carbonyl (C=O) groups excluding carboxylic acids is 1. The first-order valence-corrected chi connectivity index (χ1v) is 6.90. The van der Waals surface area contributed by atoms with Crippen LogP contribution in [0.5, 0.6) is 0 Å². The summed E-state index contributed by atoms with van der Waals surface area (Å²) >= 11 is 0. The molecule has 20 heavy (non-hydrogen) atoms. The molecule has 114 valence electrons. The number of carbonyl (C=O) groups is 1. The highest BCUT2D eigenvalue weighted by Gasteiger charge is 2.69. The Labute approximate surface area is 117 Å². The Bertz CT molecular complexity index is 433. The highest BCUT2D eigenvalue weighted by atomic mass is 19.4. The van der Waals surface area contributed by atoms with Crippen LogP contribution in [-0.2, 0) is 9.53 Å². The Morgan fingerprint density at radius 2 is 1.85 bits per heavy atom. The van der Waals surface area contributed by atoms with Crippen LogP contribution < -0.4 is 0 Å². The van der Waals surface area contributed by atoms with Crippen LogP contribution in [0.4, 0.5) is 13.2 Å². The third kappa shape index (κ3) is 2.72. The molecule has 5 heteroatoms. The average Bonchev–Trinajstić information content (AvgIpc) is 2.56. The summed E-state index contributed by atoms with van der Waals surface area (Å²) in [6, 6.07) is 0. The molecule has 0 saturated heterocycles. The van der Waals surface area contributed by atoms with Crippen molar-refractivity contribution in [2.24, 2.45) is 16.7 Å². The Balaban J connectivity index is 1.85. The molecule has 0 aromatic carbocycles. The Morgan fingerprint density at radius 3 is 2.30 bits per heavy atom. The maximum Gasteiger partial charge on any atom is 0.392 e. The summed E-state index contributed by atoms with van der Waals surface area (Å²) in [6.45, 7) is 8.06. The molecule has 2 aliphatic carbocycles. The lowest BCUT2D eigenvalue weighted by molar-refractivity contribution is -0.151. The third-order valence-electron chi connectivity index (χ3n) is 5.13. The van der Waals surface area contributed by atoms with Gasteiger partial charge in [-0.3, -0.25) is 4.79 Å². The Morgan fingerprint density at radius 1 is 1.30 bits per heavy atom. The molecule has 0 heterocycles. The summed E-state index contributed by atoms with van der Waals surface area (Å²) in [4.78, 5) is 12.1. The summed E-state index contributed by atoms with van der Waals surface area (Å²) in [5, 5.41) is 0. The number of hydrogen-bond acceptors (Lipinski definition) is 2. The van der Waals surface area contributed by atoms with Gasteiger partial charge in [0.15, 0.2) is 0 Å². The van der Waals surface area contributed by atoms with E-state index in [9.17, 15) is 18.0 Å². The Hall–Kier alpha value is -1.00. The third-order valence-corrected chi connectivity index (χ3v) is 5.13. The van der Waals surface area contributed by atoms with Gasteiger partial charge in [0.1, 0.15) is 6.10 Å². The summed E-state index contributed by atoms with van der Waals surface area (Å²) in [7, 11) is 0. The first-order valence-electron chi connectivity index (χ1n) is 6.90. The molecular weight excluding hydrogens is 269 g/mol. The topological polar surface area (TPSA) is 26.3 Å². The fourth-order valence-corrected chi connectivity index (χ4v) is 3.27. The molecule has 0 bridgehead atoms. The van der Waals surface area contributed by atoms with Crippen molar-refractivity contribution in [3.63, 3.8) is 0 Å². The van der Waals surface area contributed by atoms with Gasteiger partial charge in [-0.1, -0.05) is 39.3 Å². The van der Waals surface area contributed by atoms with Crippen molar-refractivity contribution in [3.05, 3.63) is 11.6 Å². The minimum absolute atomic E-state index is 0.106. The molecule has 0 unspecified atom stereocenters. The van der Waals surface area contributed by atoms with Crippen molar-refractivity contribution in [3.8, 4) is 0 Å². The second-order valence-corrected chi connectivity index (χ2v) is 7.03. The van der Waals surface area contributed by atoms with Crippen LogP contribution in [0.3, 0.4) is 0 Å². The summed E-state index contributed by atoms with van der Waals surface area (Å²) < 4.78 is 42.3. The number of hydrogen-bond donors (Lipinski definition) is 0. The predicted octanol–water partition coefficient (Wildman–Crippen LogP) is 4.25. The minimum Gasteiger partial charge on any atom is -0.461 e. The molecule has 1 saturated carbocycles. The van der Waals surface area contributed by atoms with Crippen LogP contribution in [0.1, 0.15) is 47.0 Å². The number of ether oxygens (including phenoxy) is 1. The highest BCUT2D eigenvalue weighted by Crippen LogP contribution is 2.68. The predicted molar refractivity (Wildman–Crippen MR) is 68.9 cm³/mol. The molecule has 2 aliphatic rings. The molecule has 0 radical (unpaired) electrons. The van der Waals surface area contributed by atoms with Crippen LogP contribution in [0.25, 0.3) is 0 Å². The molecule has 2 nitrogen and oxygen atoms in total. The zero-order valence-corrected chi connectivity index (χ0v) is 12.3. The standard InChI is InChI=1S/C15H21F3O2/c1-13(2)11(14(13,3)4)12(19)20-10-6-5-9(7-10)8-15(16,17)18/h5,10-11H,6-8H2,1-4H3/t10-/m1/s1. The van der Waals surface area contributed by atoms with Crippen molar-refractivity contribution in [2.75, 3.05) is 0 Å².